The maximum Gasteiger partial charge on any atom is 0.315 e. The third kappa shape index (κ3) is 8.06. The molecule has 292 valence electrons. The van der Waals surface area contributed by atoms with Crippen molar-refractivity contribution in [1.82, 2.24) is 40.9 Å². The van der Waals surface area contributed by atoms with E-state index in [0.29, 0.717) is 11.5 Å². The fraction of sp³-hybridized carbons (Fsp3) is 0.341. The predicted octanol–water partition coefficient (Wildman–Crippen LogP) is 6.27. The van der Waals surface area contributed by atoms with Crippen LogP contribution in [-0.4, -0.2) is 80.7 Å². The molecule has 2 unspecified atom stereocenters. The molecule has 2 aliphatic heterocycles. The van der Waals surface area contributed by atoms with Crippen molar-refractivity contribution < 1.29 is 18.9 Å². The van der Waals surface area contributed by atoms with Crippen LogP contribution in [0.15, 0.2) is 83.5 Å². The van der Waals surface area contributed by atoms with Gasteiger partial charge in [0.25, 0.3) is 0 Å². The number of benzene rings is 3. The average molecular weight is 766 g/mol. The molecule has 5 heterocycles. The summed E-state index contributed by atoms with van der Waals surface area (Å²) in [4.78, 5) is 50.5. The smallest absolute Gasteiger partial charge is 0.315 e. The number of H-pyrrole nitrogens is 1. The molecule has 0 saturated carbocycles. The number of anilines is 1. The molecule has 13 heteroatoms. The van der Waals surface area contributed by atoms with Gasteiger partial charge in [-0.1, -0.05) is 74.5 Å². The van der Waals surface area contributed by atoms with Gasteiger partial charge in [0, 0.05) is 73.0 Å². The third-order valence-corrected chi connectivity index (χ3v) is 11.1. The molecule has 3 aromatic heterocycles. The van der Waals surface area contributed by atoms with Crippen LogP contribution in [-0.2, 0) is 21.4 Å². The molecule has 2 fully saturated rings. The summed E-state index contributed by atoms with van der Waals surface area (Å²) in [5.74, 6) is -0.747. The molecule has 3 aromatic carbocycles. The summed E-state index contributed by atoms with van der Waals surface area (Å²) >= 11 is 0. The highest BCUT2D eigenvalue weighted by Gasteiger charge is 2.31. The molecule has 2 atom stereocenters. The molecule has 57 heavy (non-hydrogen) atoms. The number of aromatic amines is 1. The van der Waals surface area contributed by atoms with Gasteiger partial charge in [0.15, 0.2) is 11.5 Å². The standard InChI is InChI=1S/C44H47N9O4/c1-26-22-31(12-15-34(26)27(2)46-41(56)42-48-43(51-57-42)44(3,4)5)38-36-23-32(25-45-39(36)50-49-38)29-10-13-33(14-11-29)53-20-18-52(19-21-53)17-16-28-6-8-30(9-7-28)35-24-37(54)47-40(35)55/h6-15,22-23,25,27,35H,16-21,24H2,1-5H3,(H,46,56)(H,45,49,50)(H,47,54,55). The summed E-state index contributed by atoms with van der Waals surface area (Å²) < 4.78 is 5.24. The minimum atomic E-state index is -0.410. The van der Waals surface area contributed by atoms with E-state index in [1.54, 1.807) is 0 Å². The number of amides is 3. The van der Waals surface area contributed by atoms with Gasteiger partial charge in [-0.05, 0) is 72.4 Å². The van der Waals surface area contributed by atoms with Crippen LogP contribution in [0.1, 0.15) is 84.8 Å². The van der Waals surface area contributed by atoms with Crippen LogP contribution in [0.4, 0.5) is 5.69 Å². The number of imide groups is 1. The summed E-state index contributed by atoms with van der Waals surface area (Å²) in [6.07, 6.45) is 3.05. The van der Waals surface area contributed by atoms with Crippen molar-refractivity contribution in [2.24, 2.45) is 0 Å². The Bertz CT molecular complexity index is 2440. The Hall–Kier alpha value is -6.21. The first-order valence-electron chi connectivity index (χ1n) is 19.5. The number of piperazine rings is 1. The fourth-order valence-electron chi connectivity index (χ4n) is 7.67. The SMILES string of the molecule is Cc1cc(-c2n[nH]c3ncc(-c4ccc(N5CCN(CCc6ccc(C7CC(=O)NC7=O)cc6)CC5)cc4)cc23)ccc1C(C)NC(=O)c1nc(C(C)(C)C)no1. The molecule has 6 aromatic rings. The second-order valence-electron chi connectivity index (χ2n) is 16.2. The fourth-order valence-corrected chi connectivity index (χ4v) is 7.67. The summed E-state index contributed by atoms with van der Waals surface area (Å²) in [5.41, 5.74) is 9.57. The van der Waals surface area contributed by atoms with Crippen LogP contribution < -0.4 is 15.5 Å². The number of nitrogens with one attached hydrogen (secondary N) is 3. The quantitative estimate of drug-likeness (QED) is 0.136. The topological polar surface area (TPSA) is 162 Å². The van der Waals surface area contributed by atoms with Gasteiger partial charge in [0.1, 0.15) is 5.69 Å². The Morgan fingerprint density at radius 3 is 2.35 bits per heavy atom. The molecule has 3 amide bonds. The van der Waals surface area contributed by atoms with Gasteiger partial charge in [0.2, 0.25) is 11.8 Å². The normalized spacial score (nSPS) is 16.9. The number of pyridine rings is 1. The summed E-state index contributed by atoms with van der Waals surface area (Å²) in [5, 5.41) is 18.0. The van der Waals surface area contributed by atoms with Crippen LogP contribution in [0.25, 0.3) is 33.4 Å². The van der Waals surface area contributed by atoms with E-state index in [1.807, 2.05) is 65.1 Å². The highest BCUT2D eigenvalue weighted by molar-refractivity contribution is 6.06. The van der Waals surface area contributed by atoms with E-state index >= 15 is 0 Å². The van der Waals surface area contributed by atoms with Crippen LogP contribution in [0.2, 0.25) is 0 Å². The molecule has 0 radical (unpaired) electrons. The van der Waals surface area contributed by atoms with Crippen molar-refractivity contribution in [2.75, 3.05) is 37.6 Å². The molecule has 8 rings (SSSR count). The van der Waals surface area contributed by atoms with Gasteiger partial charge in [-0.25, -0.2) is 4.98 Å². The zero-order chi connectivity index (χ0) is 39.8. The number of fused-ring (bicyclic) bond motifs is 1. The first-order valence-corrected chi connectivity index (χ1v) is 19.5. The Labute approximate surface area is 331 Å². The molecule has 2 aliphatic rings. The van der Waals surface area contributed by atoms with Crippen LogP contribution in [0.5, 0.6) is 0 Å². The lowest BCUT2D eigenvalue weighted by atomic mass is 9.96. The number of hydrogen-bond acceptors (Lipinski definition) is 10. The number of aryl methyl sites for hydroxylation is 1. The van der Waals surface area contributed by atoms with Gasteiger partial charge in [0.05, 0.1) is 12.0 Å². The summed E-state index contributed by atoms with van der Waals surface area (Å²) in [6, 6.07) is 24.8. The monoisotopic (exact) mass is 765 g/mol. The summed E-state index contributed by atoms with van der Waals surface area (Å²) in [6.45, 7) is 14.7. The van der Waals surface area contributed by atoms with E-state index in [4.69, 9.17) is 9.51 Å². The number of rotatable bonds is 10. The Morgan fingerprint density at radius 2 is 1.68 bits per heavy atom. The molecule has 13 nitrogen and oxygen atoms in total. The zero-order valence-corrected chi connectivity index (χ0v) is 32.9. The van der Waals surface area contributed by atoms with E-state index in [9.17, 15) is 14.4 Å². The number of aromatic nitrogens is 5. The molecular weight excluding hydrogens is 719 g/mol. The first kappa shape index (κ1) is 37.7. The van der Waals surface area contributed by atoms with E-state index < -0.39 is 5.91 Å². The van der Waals surface area contributed by atoms with Gasteiger partial charge in [-0.3, -0.25) is 29.7 Å². The van der Waals surface area contributed by atoms with Crippen molar-refractivity contribution in [2.45, 2.75) is 64.8 Å². The lowest BCUT2D eigenvalue weighted by molar-refractivity contribution is -0.125. The number of hydrogen-bond donors (Lipinski definition) is 3. The van der Waals surface area contributed by atoms with Gasteiger partial charge >= 0.3 is 11.8 Å². The maximum atomic E-state index is 12.9. The highest BCUT2D eigenvalue weighted by Crippen LogP contribution is 2.32. The van der Waals surface area contributed by atoms with E-state index in [2.05, 4.69) is 89.3 Å². The van der Waals surface area contributed by atoms with E-state index in [1.165, 1.54) is 11.3 Å². The van der Waals surface area contributed by atoms with Crippen molar-refractivity contribution >= 4 is 34.4 Å². The average Bonchev–Trinajstić information content (AvgIpc) is 3.96. The van der Waals surface area contributed by atoms with Crippen LogP contribution >= 0.6 is 0 Å². The minimum absolute atomic E-state index is 0.0492. The minimum Gasteiger partial charge on any atom is -0.369 e. The predicted molar refractivity (Wildman–Crippen MR) is 218 cm³/mol. The zero-order valence-electron chi connectivity index (χ0n) is 32.9. The van der Waals surface area contributed by atoms with Crippen molar-refractivity contribution in [1.29, 1.82) is 0 Å². The van der Waals surface area contributed by atoms with E-state index in [0.717, 1.165) is 83.6 Å². The lowest BCUT2D eigenvalue weighted by Crippen LogP contribution is -2.47. The second kappa shape index (κ2) is 15.4. The first-order chi connectivity index (χ1) is 27.4. The molecule has 0 spiro atoms. The Balaban J connectivity index is 0.872. The van der Waals surface area contributed by atoms with Crippen molar-refractivity contribution in [3.63, 3.8) is 0 Å². The van der Waals surface area contributed by atoms with Crippen molar-refractivity contribution in [3.8, 4) is 22.4 Å². The van der Waals surface area contributed by atoms with E-state index in [-0.39, 0.29) is 41.5 Å². The van der Waals surface area contributed by atoms with Crippen molar-refractivity contribution in [3.05, 3.63) is 113 Å². The van der Waals surface area contributed by atoms with Gasteiger partial charge in [-0.2, -0.15) is 10.1 Å². The van der Waals surface area contributed by atoms with Crippen LogP contribution in [0, 0.1) is 6.92 Å². The molecule has 3 N–H and O–H groups in total. The maximum absolute atomic E-state index is 12.9. The number of carbonyl (C=O) groups is 3. The summed E-state index contributed by atoms with van der Waals surface area (Å²) in [7, 11) is 0. The van der Waals surface area contributed by atoms with Crippen LogP contribution in [0.3, 0.4) is 0 Å². The second-order valence-corrected chi connectivity index (χ2v) is 16.2. The highest BCUT2D eigenvalue weighted by atomic mass is 16.5. The molecule has 0 aliphatic carbocycles. The molecular formula is C44H47N9O4. The lowest BCUT2D eigenvalue weighted by Gasteiger charge is -2.36. The van der Waals surface area contributed by atoms with Gasteiger partial charge < -0.3 is 14.7 Å². The molecule has 0 bridgehead atoms. The number of nitrogens with zero attached hydrogens (tertiary/aromatic N) is 6. The Morgan fingerprint density at radius 1 is 0.947 bits per heavy atom. The third-order valence-electron chi connectivity index (χ3n) is 11.1. The van der Waals surface area contributed by atoms with Gasteiger partial charge in [-0.15, -0.1) is 0 Å². The number of carbonyl (C=O) groups excluding carboxylic acids is 3. The molecule has 2 saturated heterocycles. The largest absolute Gasteiger partial charge is 0.369 e. The Kier molecular flexibility index (Phi) is 10.2.